The Labute approximate surface area is 74.4 Å². The average molecular weight is 167 g/mol. The molecule has 2 nitrogen and oxygen atoms in total. The van der Waals surface area contributed by atoms with Crippen LogP contribution in [0, 0.1) is 18.3 Å². The van der Waals surface area contributed by atoms with Crippen LogP contribution in [0.15, 0.2) is 0 Å². The van der Waals surface area contributed by atoms with Gasteiger partial charge in [0.15, 0.2) is 0 Å². The monoisotopic (exact) mass is 167 g/mol. The molecule has 0 radical (unpaired) electrons. The van der Waals surface area contributed by atoms with Crippen LogP contribution in [0.4, 0.5) is 0 Å². The van der Waals surface area contributed by atoms with Crippen LogP contribution >= 0.6 is 0 Å². The molecule has 0 saturated heterocycles. The molecule has 0 aliphatic heterocycles. The first-order valence-electron chi connectivity index (χ1n) is 4.65. The summed E-state index contributed by atoms with van der Waals surface area (Å²) in [5.41, 5.74) is 0. The summed E-state index contributed by atoms with van der Waals surface area (Å²) in [6.07, 6.45) is 8.36. The van der Waals surface area contributed by atoms with E-state index in [2.05, 4.69) is 11.2 Å². The van der Waals surface area contributed by atoms with Crippen molar-refractivity contribution in [2.45, 2.75) is 38.3 Å². The molecule has 2 heteroatoms. The normalized spacial score (nSPS) is 21.4. The maximum Gasteiger partial charge on any atom is 0.0693 e. The highest BCUT2D eigenvalue weighted by Gasteiger charge is 2.29. The zero-order valence-corrected chi connectivity index (χ0v) is 7.59. The van der Waals surface area contributed by atoms with Gasteiger partial charge >= 0.3 is 0 Å². The maximum absolute atomic E-state index is 9.50. The third-order valence-corrected chi connectivity index (χ3v) is 2.35. The van der Waals surface area contributed by atoms with Crippen molar-refractivity contribution in [2.75, 3.05) is 6.54 Å². The number of aliphatic hydroxyl groups excluding tert-OH is 1. The van der Waals surface area contributed by atoms with Crippen LogP contribution in [-0.4, -0.2) is 23.8 Å². The minimum Gasteiger partial charge on any atom is -0.392 e. The Kier molecular flexibility index (Phi) is 3.58. The topological polar surface area (TPSA) is 32.3 Å². The Morgan fingerprint density at radius 1 is 1.67 bits per heavy atom. The lowest BCUT2D eigenvalue weighted by Crippen LogP contribution is -2.35. The van der Waals surface area contributed by atoms with E-state index < -0.39 is 0 Å². The summed E-state index contributed by atoms with van der Waals surface area (Å²) in [6.45, 7) is 2.69. The van der Waals surface area contributed by atoms with E-state index in [0.717, 1.165) is 6.42 Å². The van der Waals surface area contributed by atoms with E-state index in [1.807, 2.05) is 6.92 Å². The molecule has 0 aromatic rings. The molecule has 0 aromatic heterocycles. The summed E-state index contributed by atoms with van der Waals surface area (Å²) < 4.78 is 0. The smallest absolute Gasteiger partial charge is 0.0693 e. The minimum absolute atomic E-state index is 0.124. The second kappa shape index (κ2) is 4.49. The lowest BCUT2D eigenvalue weighted by atomic mass is 10.2. The van der Waals surface area contributed by atoms with Crippen molar-refractivity contribution < 1.29 is 5.11 Å². The summed E-state index contributed by atoms with van der Waals surface area (Å²) in [6, 6.07) is 0.124. The van der Waals surface area contributed by atoms with E-state index in [1.54, 1.807) is 0 Å². The van der Waals surface area contributed by atoms with Crippen molar-refractivity contribution in [2.24, 2.45) is 5.92 Å². The molecule has 68 valence electrons. The Bertz CT molecular complexity index is 169. The lowest BCUT2D eigenvalue weighted by Gasteiger charge is -2.14. The van der Waals surface area contributed by atoms with Crippen molar-refractivity contribution in [3.8, 4) is 12.3 Å². The molecule has 1 fully saturated rings. The van der Waals surface area contributed by atoms with E-state index in [-0.39, 0.29) is 12.1 Å². The van der Waals surface area contributed by atoms with Crippen LogP contribution in [0.1, 0.15) is 26.2 Å². The van der Waals surface area contributed by atoms with Crippen molar-refractivity contribution >= 4 is 0 Å². The molecular formula is C10H17NO. The fourth-order valence-electron chi connectivity index (χ4n) is 1.23. The Hall–Kier alpha value is -0.520. The summed E-state index contributed by atoms with van der Waals surface area (Å²) in [7, 11) is 0. The molecule has 1 aliphatic carbocycles. The molecule has 0 aromatic carbocycles. The number of terminal acetylenes is 1. The van der Waals surface area contributed by atoms with Crippen LogP contribution in [0.5, 0.6) is 0 Å². The van der Waals surface area contributed by atoms with Gasteiger partial charge in [0.2, 0.25) is 0 Å². The first-order valence-corrected chi connectivity index (χ1v) is 4.65. The second-order valence-corrected chi connectivity index (χ2v) is 3.44. The third-order valence-electron chi connectivity index (χ3n) is 2.35. The van der Waals surface area contributed by atoms with Gasteiger partial charge in [-0.1, -0.05) is 12.8 Å². The van der Waals surface area contributed by atoms with Crippen LogP contribution in [0.2, 0.25) is 0 Å². The van der Waals surface area contributed by atoms with Gasteiger partial charge in [-0.15, -0.1) is 6.42 Å². The molecule has 12 heavy (non-hydrogen) atoms. The zero-order chi connectivity index (χ0) is 8.97. The maximum atomic E-state index is 9.50. The van der Waals surface area contributed by atoms with Crippen LogP contribution in [0.3, 0.4) is 0 Å². The van der Waals surface area contributed by atoms with Crippen molar-refractivity contribution in [1.82, 2.24) is 5.32 Å². The molecule has 1 rings (SSSR count). The van der Waals surface area contributed by atoms with Crippen LogP contribution in [-0.2, 0) is 0 Å². The van der Waals surface area contributed by atoms with Gasteiger partial charge in [-0.05, 0) is 25.2 Å². The van der Waals surface area contributed by atoms with E-state index in [4.69, 9.17) is 6.42 Å². The number of aliphatic hydroxyl groups is 1. The van der Waals surface area contributed by atoms with Crippen LogP contribution in [0.25, 0.3) is 0 Å². The SMILES string of the molecule is C#CC(CC)NCC(O)C1CC1. The quantitative estimate of drug-likeness (QED) is 0.592. The number of nitrogens with one attached hydrogen (secondary N) is 1. The molecule has 1 saturated carbocycles. The molecule has 2 N–H and O–H groups in total. The highest BCUT2D eigenvalue weighted by molar-refractivity contribution is 4.98. The molecule has 0 bridgehead atoms. The highest BCUT2D eigenvalue weighted by atomic mass is 16.3. The first-order chi connectivity index (χ1) is 5.77. The number of hydrogen-bond donors (Lipinski definition) is 2. The van der Waals surface area contributed by atoms with E-state index in [1.165, 1.54) is 12.8 Å². The summed E-state index contributed by atoms with van der Waals surface area (Å²) in [4.78, 5) is 0. The summed E-state index contributed by atoms with van der Waals surface area (Å²) in [5.74, 6) is 3.18. The number of rotatable bonds is 5. The fraction of sp³-hybridized carbons (Fsp3) is 0.800. The molecule has 2 atom stereocenters. The van der Waals surface area contributed by atoms with Gasteiger partial charge in [-0.25, -0.2) is 0 Å². The van der Waals surface area contributed by atoms with E-state index in [9.17, 15) is 5.11 Å². The van der Waals surface area contributed by atoms with Gasteiger partial charge in [0, 0.05) is 6.54 Å². The lowest BCUT2D eigenvalue weighted by molar-refractivity contribution is 0.147. The van der Waals surface area contributed by atoms with Gasteiger partial charge in [0.05, 0.1) is 12.1 Å². The van der Waals surface area contributed by atoms with Crippen LogP contribution < -0.4 is 5.32 Å². The van der Waals surface area contributed by atoms with Gasteiger partial charge in [-0.2, -0.15) is 0 Å². The molecule has 0 amide bonds. The predicted octanol–water partition coefficient (Wildman–Crippen LogP) is 0.759. The standard InChI is InChI=1S/C10H17NO/c1-3-9(4-2)11-7-10(12)8-5-6-8/h1,8-12H,4-7H2,2H3. The zero-order valence-electron chi connectivity index (χ0n) is 7.59. The molecule has 0 spiro atoms. The summed E-state index contributed by atoms with van der Waals surface area (Å²) in [5, 5.41) is 12.7. The van der Waals surface area contributed by atoms with Crippen molar-refractivity contribution in [3.05, 3.63) is 0 Å². The second-order valence-electron chi connectivity index (χ2n) is 3.44. The van der Waals surface area contributed by atoms with Gasteiger partial charge < -0.3 is 10.4 Å². The Morgan fingerprint density at radius 2 is 2.33 bits per heavy atom. The van der Waals surface area contributed by atoms with Gasteiger partial charge in [-0.3, -0.25) is 0 Å². The van der Waals surface area contributed by atoms with E-state index in [0.29, 0.717) is 12.5 Å². The van der Waals surface area contributed by atoms with E-state index >= 15 is 0 Å². The molecule has 2 unspecified atom stereocenters. The van der Waals surface area contributed by atoms with Gasteiger partial charge in [0.1, 0.15) is 0 Å². The predicted molar refractivity (Wildman–Crippen MR) is 49.6 cm³/mol. The molecule has 0 heterocycles. The Balaban J connectivity index is 2.10. The third kappa shape index (κ3) is 2.84. The minimum atomic E-state index is -0.188. The largest absolute Gasteiger partial charge is 0.392 e. The fourth-order valence-corrected chi connectivity index (χ4v) is 1.23. The molecular weight excluding hydrogens is 150 g/mol. The van der Waals surface area contributed by atoms with Crippen molar-refractivity contribution in [1.29, 1.82) is 0 Å². The first kappa shape index (κ1) is 9.57. The number of hydrogen-bond acceptors (Lipinski definition) is 2. The highest BCUT2D eigenvalue weighted by Crippen LogP contribution is 2.32. The molecule has 1 aliphatic rings. The average Bonchev–Trinajstić information content (AvgIpc) is 2.88. The van der Waals surface area contributed by atoms with Crippen molar-refractivity contribution in [3.63, 3.8) is 0 Å². The Morgan fingerprint density at radius 3 is 2.75 bits per heavy atom. The summed E-state index contributed by atoms with van der Waals surface area (Å²) >= 11 is 0. The van der Waals surface area contributed by atoms with Gasteiger partial charge in [0.25, 0.3) is 0 Å².